The van der Waals surface area contributed by atoms with Crippen LogP contribution in [0.1, 0.15) is 22.1 Å². The zero-order valence-electron chi connectivity index (χ0n) is 21.4. The molecule has 4 atom stereocenters. The van der Waals surface area contributed by atoms with E-state index in [1.807, 2.05) is 0 Å². The monoisotopic (exact) mass is 605 g/mol. The van der Waals surface area contributed by atoms with Crippen molar-refractivity contribution < 1.29 is 59.0 Å². The van der Waals surface area contributed by atoms with Gasteiger partial charge in [0.05, 0.1) is 37.9 Å². The predicted molar refractivity (Wildman–Crippen MR) is 129 cm³/mol. The number of nitrogens with two attached hydrogens (primary N) is 1. The molecule has 0 unspecified atom stereocenters. The Labute approximate surface area is 229 Å². The summed E-state index contributed by atoms with van der Waals surface area (Å²) in [7, 11) is -1.96. The van der Waals surface area contributed by atoms with Crippen LogP contribution in [0.4, 0.5) is 23.9 Å². The smallest absolute Gasteiger partial charge is 0.479 e. The van der Waals surface area contributed by atoms with E-state index >= 15 is 0 Å². The summed E-state index contributed by atoms with van der Waals surface area (Å²) in [5, 5.41) is 0. The second-order valence-corrected chi connectivity index (χ2v) is 10.1. The molecule has 19 heteroatoms. The van der Waals surface area contributed by atoms with Crippen LogP contribution in [0.15, 0.2) is 30.6 Å². The largest absolute Gasteiger partial charge is 0.508 e. The minimum absolute atomic E-state index is 0.00731. The Hall–Kier alpha value is -4.23. The number of anilines is 1. The Morgan fingerprint density at radius 3 is 2.54 bits per heavy atom. The molecule has 4 rings (SSSR count). The first-order valence-electron chi connectivity index (χ1n) is 11.4. The average molecular weight is 606 g/mol. The van der Waals surface area contributed by atoms with Gasteiger partial charge < -0.3 is 29.4 Å². The summed E-state index contributed by atoms with van der Waals surface area (Å²) in [6, 6.07) is 3.37. The van der Waals surface area contributed by atoms with Gasteiger partial charge in [-0.3, -0.25) is 8.75 Å². The molecule has 3 aromatic rings. The molecule has 41 heavy (non-hydrogen) atoms. The van der Waals surface area contributed by atoms with Crippen LogP contribution in [-0.4, -0.2) is 85.5 Å². The first-order valence-corrected chi connectivity index (χ1v) is 13.2. The first kappa shape index (κ1) is 29.7. The maximum Gasteiger partial charge on any atom is 0.508 e. The summed E-state index contributed by atoms with van der Waals surface area (Å²) in [6.07, 6.45) is -10.3. The number of nitrogens with zero attached hydrogens (tertiary/aromatic N) is 4. The van der Waals surface area contributed by atoms with Crippen molar-refractivity contribution in [3.8, 4) is 5.88 Å². The number of esters is 1. The van der Waals surface area contributed by atoms with Crippen LogP contribution in [0.3, 0.4) is 0 Å². The van der Waals surface area contributed by atoms with Crippen LogP contribution in [0.25, 0.3) is 11.2 Å². The molecule has 0 amide bonds. The topological polar surface area (TPSA) is 193 Å². The van der Waals surface area contributed by atoms with Gasteiger partial charge in [-0.15, -0.1) is 0 Å². The lowest BCUT2D eigenvalue weighted by Crippen LogP contribution is -2.41. The third-order valence-electron chi connectivity index (χ3n) is 5.65. The van der Waals surface area contributed by atoms with Crippen molar-refractivity contribution in [1.82, 2.24) is 19.5 Å². The molecule has 2 N–H and O–H groups in total. The number of aromatic nitrogens is 4. The highest BCUT2D eigenvalue weighted by molar-refractivity contribution is 7.86. The maximum absolute atomic E-state index is 13.3. The number of imidazole rings is 1. The quantitative estimate of drug-likeness (QED) is 0.288. The number of fused-ring (bicyclic) bond motifs is 1. The van der Waals surface area contributed by atoms with Gasteiger partial charge in [0.15, 0.2) is 23.5 Å². The second kappa shape index (κ2) is 11.3. The molecular formula is C22H22F3N5O10S. The predicted octanol–water partition coefficient (Wildman–Crippen LogP) is 1.69. The van der Waals surface area contributed by atoms with Crippen molar-refractivity contribution in [2.45, 2.75) is 30.7 Å². The van der Waals surface area contributed by atoms with E-state index in [1.54, 1.807) is 0 Å². The second-order valence-electron chi connectivity index (χ2n) is 8.46. The summed E-state index contributed by atoms with van der Waals surface area (Å²) in [5.41, 5.74) is 4.21. The van der Waals surface area contributed by atoms with Crippen molar-refractivity contribution >= 4 is 39.4 Å². The lowest BCUT2D eigenvalue weighted by atomic mass is 10.1. The molecule has 1 aliphatic rings. The van der Waals surface area contributed by atoms with Crippen LogP contribution in [0, 0.1) is 0 Å². The van der Waals surface area contributed by atoms with E-state index in [2.05, 4.69) is 19.7 Å². The zero-order chi connectivity index (χ0) is 30.1. The van der Waals surface area contributed by atoms with E-state index in [0.29, 0.717) is 12.3 Å². The van der Waals surface area contributed by atoms with Gasteiger partial charge in [0.2, 0.25) is 11.8 Å². The van der Waals surface area contributed by atoms with Gasteiger partial charge in [-0.05, 0) is 18.2 Å². The highest BCUT2D eigenvalue weighted by Crippen LogP contribution is 2.38. The minimum Gasteiger partial charge on any atom is -0.479 e. The molecule has 0 aliphatic carbocycles. The molecule has 1 saturated heterocycles. The molecular weight excluding hydrogens is 583 g/mol. The molecule has 222 valence electrons. The van der Waals surface area contributed by atoms with E-state index in [4.69, 9.17) is 28.9 Å². The number of nitrogen functional groups attached to an aromatic ring is 1. The number of alkyl halides is 3. The third-order valence-corrected chi connectivity index (χ3v) is 6.22. The highest BCUT2D eigenvalue weighted by Gasteiger charge is 2.52. The van der Waals surface area contributed by atoms with Gasteiger partial charge >= 0.3 is 18.3 Å². The SMILES string of the molecule is COC(=O)OC[C@H]1O[C@@H](n2cnc3c(OC)nc(N)nc32)[C@H](OC(=O)c2cccc(C(F)(F)F)c2)[C@H]1OS(C)(=O)=O. The molecule has 15 nitrogen and oxygen atoms in total. The zero-order valence-corrected chi connectivity index (χ0v) is 22.2. The maximum atomic E-state index is 13.3. The Kier molecular flexibility index (Phi) is 8.22. The summed E-state index contributed by atoms with van der Waals surface area (Å²) < 4.78 is 96.3. The number of carbonyl (C=O) groups excluding carboxylic acids is 2. The molecule has 1 fully saturated rings. The van der Waals surface area contributed by atoms with Crippen LogP contribution in [-0.2, 0) is 39.4 Å². The summed E-state index contributed by atoms with van der Waals surface area (Å²) in [5.74, 6) is -1.56. The number of benzene rings is 1. The van der Waals surface area contributed by atoms with Crippen molar-refractivity contribution in [2.24, 2.45) is 0 Å². The fourth-order valence-corrected chi connectivity index (χ4v) is 4.61. The van der Waals surface area contributed by atoms with E-state index in [0.717, 1.165) is 31.6 Å². The first-order chi connectivity index (χ1) is 19.2. The number of hydrogen-bond acceptors (Lipinski definition) is 14. The van der Waals surface area contributed by atoms with Crippen molar-refractivity contribution in [1.29, 1.82) is 0 Å². The van der Waals surface area contributed by atoms with Crippen molar-refractivity contribution in [3.05, 3.63) is 41.7 Å². The molecule has 0 bridgehead atoms. The van der Waals surface area contributed by atoms with Gasteiger partial charge in [0, 0.05) is 0 Å². The number of halogens is 3. The van der Waals surface area contributed by atoms with Crippen LogP contribution in [0.2, 0.25) is 0 Å². The summed E-state index contributed by atoms with van der Waals surface area (Å²) in [4.78, 5) is 36.9. The van der Waals surface area contributed by atoms with Crippen molar-refractivity contribution in [2.75, 3.05) is 32.8 Å². The fraction of sp³-hybridized carbons (Fsp3) is 0.409. The number of carbonyl (C=O) groups is 2. The van der Waals surface area contributed by atoms with Crippen molar-refractivity contribution in [3.63, 3.8) is 0 Å². The number of methoxy groups -OCH3 is 2. The Morgan fingerprint density at radius 2 is 1.90 bits per heavy atom. The van der Waals surface area contributed by atoms with Gasteiger partial charge in [-0.2, -0.15) is 31.6 Å². The number of rotatable bonds is 8. The summed E-state index contributed by atoms with van der Waals surface area (Å²) >= 11 is 0. The average Bonchev–Trinajstić information content (AvgIpc) is 3.46. The fourth-order valence-electron chi connectivity index (χ4n) is 3.97. The number of ether oxygens (including phenoxy) is 5. The molecule has 2 aromatic heterocycles. The van der Waals surface area contributed by atoms with Gasteiger partial charge in [0.1, 0.15) is 18.8 Å². The number of hydrogen-bond donors (Lipinski definition) is 1. The normalized spacial score (nSPS) is 21.0. The third kappa shape index (κ3) is 6.57. The molecule has 0 spiro atoms. The van der Waals surface area contributed by atoms with E-state index < -0.39 is 70.7 Å². The van der Waals surface area contributed by atoms with Gasteiger partial charge in [0.25, 0.3) is 10.1 Å². The van der Waals surface area contributed by atoms with E-state index in [1.165, 1.54) is 11.7 Å². The molecule has 0 saturated carbocycles. The van der Waals surface area contributed by atoms with Gasteiger partial charge in [-0.1, -0.05) is 6.07 Å². The van der Waals surface area contributed by atoms with E-state index in [9.17, 15) is 31.2 Å². The molecule has 1 aliphatic heterocycles. The van der Waals surface area contributed by atoms with Gasteiger partial charge in [-0.25, -0.2) is 14.6 Å². The molecule has 3 heterocycles. The van der Waals surface area contributed by atoms with Crippen LogP contribution >= 0.6 is 0 Å². The Balaban J connectivity index is 1.79. The summed E-state index contributed by atoms with van der Waals surface area (Å²) in [6.45, 7) is -0.645. The van der Waals surface area contributed by atoms with Crippen LogP contribution < -0.4 is 10.5 Å². The molecule has 1 aromatic carbocycles. The molecule has 0 radical (unpaired) electrons. The Morgan fingerprint density at radius 1 is 1.17 bits per heavy atom. The van der Waals surface area contributed by atoms with E-state index in [-0.39, 0.29) is 23.0 Å². The highest BCUT2D eigenvalue weighted by atomic mass is 32.2. The van der Waals surface area contributed by atoms with Crippen LogP contribution in [0.5, 0.6) is 5.88 Å². The Bertz CT molecular complexity index is 1570. The standard InChI is InChI=1S/C22H22F3N5O10S/c1-35-17-13-16(28-20(26)29-17)30(9-27-13)18-15(39-19(31)10-5-4-6-11(7-10)22(23,24)25)14(40-41(3,33)34)12(38-18)8-37-21(32)36-2/h4-7,9,12,14-15,18H,8H2,1-3H3,(H2,26,28,29)/t12-,14+,15-,18-/m1/s1. The lowest BCUT2D eigenvalue weighted by molar-refractivity contribution is -0.137. The minimum atomic E-state index is -4.76. The lowest BCUT2D eigenvalue weighted by Gasteiger charge is -2.24.